The van der Waals surface area contributed by atoms with Gasteiger partial charge in [0.2, 0.25) is 5.91 Å². The van der Waals surface area contributed by atoms with Crippen LogP contribution in [0.1, 0.15) is 18.4 Å². The third kappa shape index (κ3) is 3.77. The van der Waals surface area contributed by atoms with Gasteiger partial charge in [-0.2, -0.15) is 0 Å². The fourth-order valence-electron chi connectivity index (χ4n) is 2.62. The van der Waals surface area contributed by atoms with Crippen LogP contribution in [0, 0.1) is 12.3 Å². The van der Waals surface area contributed by atoms with Crippen molar-refractivity contribution in [3.63, 3.8) is 0 Å². The van der Waals surface area contributed by atoms with Gasteiger partial charge in [0, 0.05) is 16.6 Å². The van der Waals surface area contributed by atoms with Crippen LogP contribution in [0.4, 0.5) is 5.69 Å². The Labute approximate surface area is 138 Å². The Bertz CT molecular complexity index is 525. The summed E-state index contributed by atoms with van der Waals surface area (Å²) in [7, 11) is 1.63. The van der Waals surface area contributed by atoms with Crippen LogP contribution in [0.2, 0.25) is 5.02 Å². The molecule has 2 rings (SSSR count). The molecule has 116 valence electrons. The molecule has 1 aromatic rings. The first-order valence-electron chi connectivity index (χ1n) is 6.95. The van der Waals surface area contributed by atoms with E-state index in [-0.39, 0.29) is 5.91 Å². The molecule has 1 aliphatic heterocycles. The van der Waals surface area contributed by atoms with Crippen molar-refractivity contribution in [3.8, 4) is 0 Å². The summed E-state index contributed by atoms with van der Waals surface area (Å²) in [5.41, 5.74) is 1.19. The van der Waals surface area contributed by atoms with Gasteiger partial charge in [-0.1, -0.05) is 11.6 Å². The molecule has 0 spiro atoms. The number of hydrogen-bond donors (Lipinski definition) is 2. The third-order valence-corrected chi connectivity index (χ3v) is 5.02. The van der Waals surface area contributed by atoms with Gasteiger partial charge in [0.1, 0.15) is 0 Å². The topological polar surface area (TPSA) is 50.4 Å². The highest BCUT2D eigenvalue weighted by molar-refractivity contribution is 9.10. The van der Waals surface area contributed by atoms with Crippen LogP contribution in [-0.4, -0.2) is 32.7 Å². The Morgan fingerprint density at radius 1 is 1.48 bits per heavy atom. The van der Waals surface area contributed by atoms with Crippen LogP contribution in [-0.2, 0) is 9.53 Å². The predicted molar refractivity (Wildman–Crippen MR) is 88.9 cm³/mol. The van der Waals surface area contributed by atoms with Crippen molar-refractivity contribution in [3.05, 3.63) is 27.2 Å². The molecule has 2 N–H and O–H groups in total. The summed E-state index contributed by atoms with van der Waals surface area (Å²) in [6.07, 6.45) is 1.54. The van der Waals surface area contributed by atoms with E-state index in [1.54, 1.807) is 13.2 Å². The number of carbonyl (C=O) groups is 1. The van der Waals surface area contributed by atoms with Crippen LogP contribution in [0.5, 0.6) is 0 Å². The zero-order valence-electron chi connectivity index (χ0n) is 12.3. The Hall–Kier alpha value is -0.620. The molecule has 6 heteroatoms. The maximum atomic E-state index is 12.7. The van der Waals surface area contributed by atoms with Crippen molar-refractivity contribution in [2.75, 3.05) is 32.1 Å². The molecule has 0 aromatic heterocycles. The van der Waals surface area contributed by atoms with Crippen molar-refractivity contribution >= 4 is 39.1 Å². The minimum atomic E-state index is -0.475. The summed E-state index contributed by atoms with van der Waals surface area (Å²) >= 11 is 9.62. The molecule has 1 amide bonds. The molecular formula is C15H20BrClN2O2. The van der Waals surface area contributed by atoms with Crippen molar-refractivity contribution < 1.29 is 9.53 Å². The molecular weight excluding hydrogens is 356 g/mol. The lowest BCUT2D eigenvalue weighted by Gasteiger charge is -2.35. The predicted octanol–water partition coefficient (Wildman–Crippen LogP) is 3.37. The number of anilines is 1. The average molecular weight is 376 g/mol. The van der Waals surface area contributed by atoms with Gasteiger partial charge < -0.3 is 15.4 Å². The molecule has 0 unspecified atom stereocenters. The molecule has 21 heavy (non-hydrogen) atoms. The van der Waals surface area contributed by atoms with Gasteiger partial charge in [0.05, 0.1) is 17.7 Å². The van der Waals surface area contributed by atoms with Crippen LogP contribution in [0.3, 0.4) is 0 Å². The molecule has 1 saturated heterocycles. The summed E-state index contributed by atoms with van der Waals surface area (Å²) in [5.74, 6) is -0.00790. The first kappa shape index (κ1) is 16.7. The van der Waals surface area contributed by atoms with Gasteiger partial charge in [-0.25, -0.2) is 0 Å². The largest absolute Gasteiger partial charge is 0.384 e. The van der Waals surface area contributed by atoms with E-state index in [0.29, 0.717) is 17.3 Å². The molecule has 0 aliphatic carbocycles. The molecule has 1 heterocycles. The maximum absolute atomic E-state index is 12.7. The highest BCUT2D eigenvalue weighted by atomic mass is 79.9. The third-order valence-electron chi connectivity index (χ3n) is 3.96. The molecule has 4 nitrogen and oxygen atoms in total. The number of nitrogens with one attached hydrogen (secondary N) is 2. The summed E-state index contributed by atoms with van der Waals surface area (Å²) < 4.78 is 6.12. The lowest BCUT2D eigenvalue weighted by Crippen LogP contribution is -2.47. The van der Waals surface area contributed by atoms with Crippen LogP contribution < -0.4 is 10.6 Å². The van der Waals surface area contributed by atoms with Crippen LogP contribution >= 0.6 is 27.5 Å². The monoisotopic (exact) mass is 374 g/mol. The number of methoxy groups -OCH3 is 1. The van der Waals surface area contributed by atoms with Gasteiger partial charge in [0.25, 0.3) is 0 Å². The molecule has 0 bridgehead atoms. The van der Waals surface area contributed by atoms with Crippen molar-refractivity contribution in [2.24, 2.45) is 5.41 Å². The van der Waals surface area contributed by atoms with E-state index in [1.807, 2.05) is 13.0 Å². The van der Waals surface area contributed by atoms with Gasteiger partial charge in [-0.15, -0.1) is 0 Å². The second kappa shape index (κ2) is 7.09. The molecule has 1 fully saturated rings. The molecule has 0 saturated carbocycles. The fourth-order valence-corrected chi connectivity index (χ4v) is 3.34. The van der Waals surface area contributed by atoms with E-state index in [0.717, 1.165) is 36.0 Å². The van der Waals surface area contributed by atoms with E-state index in [1.165, 1.54) is 0 Å². The normalized spacial score (nSPS) is 17.5. The number of piperidine rings is 1. The Balaban J connectivity index is 2.21. The summed E-state index contributed by atoms with van der Waals surface area (Å²) in [4.78, 5) is 12.7. The maximum Gasteiger partial charge on any atom is 0.233 e. The van der Waals surface area contributed by atoms with Gasteiger partial charge in [0.15, 0.2) is 0 Å². The summed E-state index contributed by atoms with van der Waals surface area (Å²) in [5, 5.41) is 6.91. The van der Waals surface area contributed by atoms with Gasteiger partial charge in [-0.05, 0) is 66.5 Å². The number of rotatable bonds is 4. The Morgan fingerprint density at radius 3 is 2.76 bits per heavy atom. The van der Waals surface area contributed by atoms with Gasteiger partial charge in [-0.3, -0.25) is 4.79 Å². The number of hydrogen-bond acceptors (Lipinski definition) is 3. The zero-order chi connectivity index (χ0) is 15.5. The molecule has 0 radical (unpaired) electrons. The highest BCUT2D eigenvalue weighted by Gasteiger charge is 2.39. The first-order valence-corrected chi connectivity index (χ1v) is 8.12. The lowest BCUT2D eigenvalue weighted by molar-refractivity contribution is -0.130. The van der Waals surface area contributed by atoms with E-state index in [4.69, 9.17) is 16.3 Å². The van der Waals surface area contributed by atoms with Gasteiger partial charge >= 0.3 is 0 Å². The van der Waals surface area contributed by atoms with Crippen LogP contribution in [0.15, 0.2) is 16.6 Å². The number of aryl methyl sites for hydroxylation is 1. The summed E-state index contributed by atoms with van der Waals surface area (Å²) in [6.45, 7) is 4.01. The van der Waals surface area contributed by atoms with Crippen molar-refractivity contribution in [1.82, 2.24) is 5.32 Å². The number of ether oxygens (including phenoxy) is 1. The van der Waals surface area contributed by atoms with Crippen molar-refractivity contribution in [1.29, 1.82) is 0 Å². The minimum absolute atomic E-state index is 0.00790. The standard InChI is InChI=1S/C15H20BrClN2O2/c1-10-7-11(16)13(8-12(10)17)19-14(20)15(9-21-2)3-5-18-6-4-15/h7-8,18H,3-6,9H2,1-2H3,(H,19,20). The Kier molecular flexibility index (Phi) is 5.66. The van der Waals surface area contributed by atoms with Crippen molar-refractivity contribution in [2.45, 2.75) is 19.8 Å². The fraction of sp³-hybridized carbons (Fsp3) is 0.533. The SMILES string of the molecule is COCC1(C(=O)Nc2cc(Cl)c(C)cc2Br)CCNCC1. The number of carbonyl (C=O) groups excluding carboxylic acids is 1. The number of benzene rings is 1. The minimum Gasteiger partial charge on any atom is -0.384 e. The van der Waals surface area contributed by atoms with E-state index < -0.39 is 5.41 Å². The molecule has 0 atom stereocenters. The van der Waals surface area contributed by atoms with Crippen LogP contribution in [0.25, 0.3) is 0 Å². The van der Waals surface area contributed by atoms with E-state index >= 15 is 0 Å². The highest BCUT2D eigenvalue weighted by Crippen LogP contribution is 2.34. The molecule has 1 aromatic carbocycles. The second-order valence-corrected chi connectivity index (χ2v) is 6.76. The average Bonchev–Trinajstić information content (AvgIpc) is 2.46. The summed E-state index contributed by atoms with van der Waals surface area (Å²) in [6, 6.07) is 3.68. The zero-order valence-corrected chi connectivity index (χ0v) is 14.6. The second-order valence-electron chi connectivity index (χ2n) is 5.50. The van der Waals surface area contributed by atoms with E-state index in [2.05, 4.69) is 26.6 Å². The lowest BCUT2D eigenvalue weighted by atomic mass is 9.78. The quantitative estimate of drug-likeness (QED) is 0.848. The van der Waals surface area contributed by atoms with E-state index in [9.17, 15) is 4.79 Å². The Morgan fingerprint density at radius 2 is 2.14 bits per heavy atom. The molecule has 1 aliphatic rings. The number of halogens is 2. The first-order chi connectivity index (χ1) is 9.98. The number of amides is 1. The smallest absolute Gasteiger partial charge is 0.233 e.